The number of ether oxygens (including phenoxy) is 1. The van der Waals surface area contributed by atoms with Crippen LogP contribution in [0.3, 0.4) is 0 Å². The molecule has 2 fully saturated rings. The van der Waals surface area contributed by atoms with E-state index in [0.29, 0.717) is 43.9 Å². The Labute approximate surface area is 229 Å². The number of benzene rings is 2. The molecule has 5 rings (SSSR count). The summed E-state index contributed by atoms with van der Waals surface area (Å²) in [5.74, 6) is -0.171. The Kier molecular flexibility index (Phi) is 7.97. The van der Waals surface area contributed by atoms with Crippen LogP contribution in [0.5, 0.6) is 5.75 Å². The molecule has 3 aliphatic rings. The number of carbonyl (C=O) groups is 4. The van der Waals surface area contributed by atoms with Crippen molar-refractivity contribution in [2.45, 2.75) is 63.2 Å². The maximum absolute atomic E-state index is 13.7. The highest BCUT2D eigenvalue weighted by Gasteiger charge is 2.39. The number of piperidine rings is 2. The van der Waals surface area contributed by atoms with Crippen LogP contribution in [0.15, 0.2) is 48.5 Å². The fraction of sp³-hybridized carbons (Fsp3) is 0.467. The Morgan fingerprint density at radius 1 is 1.08 bits per heavy atom. The molecule has 9 heteroatoms. The maximum atomic E-state index is 13.7. The number of carbonyl (C=O) groups excluding carboxylic acids is 4. The first kappa shape index (κ1) is 26.9. The Morgan fingerprint density at radius 3 is 2.62 bits per heavy atom. The van der Waals surface area contributed by atoms with Gasteiger partial charge in [0.05, 0.1) is 12.1 Å². The van der Waals surface area contributed by atoms with Crippen LogP contribution in [0.1, 0.15) is 53.6 Å². The number of imide groups is 1. The normalized spacial score (nSPS) is 22.1. The number of rotatable bonds is 8. The van der Waals surface area contributed by atoms with Crippen LogP contribution in [0.2, 0.25) is 0 Å². The van der Waals surface area contributed by atoms with Gasteiger partial charge in [-0.05, 0) is 75.5 Å². The largest absolute Gasteiger partial charge is 0.491 e. The van der Waals surface area contributed by atoms with Gasteiger partial charge in [0.25, 0.3) is 5.91 Å². The van der Waals surface area contributed by atoms with Gasteiger partial charge >= 0.3 is 0 Å². The number of nitrogens with one attached hydrogen (secondary N) is 1. The van der Waals surface area contributed by atoms with Crippen molar-refractivity contribution in [2.24, 2.45) is 0 Å². The average Bonchev–Trinajstić information content (AvgIpc) is 3.26. The first-order valence-corrected chi connectivity index (χ1v) is 13.7. The van der Waals surface area contributed by atoms with Crippen LogP contribution in [0, 0.1) is 0 Å². The second kappa shape index (κ2) is 11.6. The van der Waals surface area contributed by atoms with Crippen molar-refractivity contribution in [3.63, 3.8) is 0 Å². The van der Waals surface area contributed by atoms with E-state index in [0.717, 1.165) is 30.4 Å². The Balaban J connectivity index is 1.24. The molecular weight excluding hydrogens is 496 g/mol. The molecule has 0 saturated carbocycles. The van der Waals surface area contributed by atoms with Crippen LogP contribution in [0.25, 0.3) is 0 Å². The molecule has 1 unspecified atom stereocenters. The summed E-state index contributed by atoms with van der Waals surface area (Å²) in [7, 11) is 3.90. The number of hydrogen-bond donors (Lipinski definition) is 1. The van der Waals surface area contributed by atoms with Crippen molar-refractivity contribution in [2.75, 3.05) is 27.2 Å². The highest BCUT2D eigenvalue weighted by Crippen LogP contribution is 2.30. The summed E-state index contributed by atoms with van der Waals surface area (Å²) in [4.78, 5) is 56.1. The van der Waals surface area contributed by atoms with E-state index in [9.17, 15) is 19.2 Å². The quantitative estimate of drug-likeness (QED) is 0.524. The van der Waals surface area contributed by atoms with Crippen LogP contribution < -0.4 is 10.1 Å². The number of fused-ring (bicyclic) bond motifs is 1. The molecule has 39 heavy (non-hydrogen) atoms. The van der Waals surface area contributed by atoms with E-state index < -0.39 is 11.9 Å². The van der Waals surface area contributed by atoms with Gasteiger partial charge in [-0.25, -0.2) is 0 Å². The minimum atomic E-state index is -0.644. The average molecular weight is 533 g/mol. The lowest BCUT2D eigenvalue weighted by Gasteiger charge is -2.39. The van der Waals surface area contributed by atoms with Gasteiger partial charge in [0, 0.05) is 25.1 Å². The van der Waals surface area contributed by atoms with Crippen LogP contribution >= 0.6 is 0 Å². The molecule has 3 aliphatic heterocycles. The molecule has 0 aliphatic carbocycles. The highest BCUT2D eigenvalue weighted by molar-refractivity contribution is 6.05. The zero-order valence-corrected chi connectivity index (χ0v) is 22.6. The number of hydrogen-bond acceptors (Lipinski definition) is 6. The molecular formula is C30H36N4O5. The van der Waals surface area contributed by atoms with Crippen molar-refractivity contribution in [3.8, 4) is 5.75 Å². The van der Waals surface area contributed by atoms with Gasteiger partial charge < -0.3 is 14.5 Å². The molecule has 3 heterocycles. The Morgan fingerprint density at radius 2 is 1.87 bits per heavy atom. The zero-order chi connectivity index (χ0) is 27.5. The van der Waals surface area contributed by atoms with Crippen LogP contribution in [0.4, 0.5) is 0 Å². The van der Waals surface area contributed by atoms with Gasteiger partial charge in [-0.1, -0.05) is 30.3 Å². The van der Waals surface area contributed by atoms with Gasteiger partial charge in [0.1, 0.15) is 18.4 Å². The summed E-state index contributed by atoms with van der Waals surface area (Å²) < 4.78 is 6.20. The minimum Gasteiger partial charge on any atom is -0.491 e. The molecule has 0 aromatic heterocycles. The van der Waals surface area contributed by atoms with Crippen molar-refractivity contribution in [1.82, 2.24) is 20.0 Å². The van der Waals surface area contributed by atoms with Crippen molar-refractivity contribution < 1.29 is 23.9 Å². The number of likely N-dealkylation sites (tertiary alicyclic amines) is 1. The van der Waals surface area contributed by atoms with E-state index in [4.69, 9.17) is 4.74 Å². The zero-order valence-electron chi connectivity index (χ0n) is 22.6. The summed E-state index contributed by atoms with van der Waals surface area (Å²) in [6, 6.07) is 14.5. The van der Waals surface area contributed by atoms with Crippen molar-refractivity contribution >= 4 is 23.6 Å². The fourth-order valence-corrected chi connectivity index (χ4v) is 5.82. The predicted molar refractivity (Wildman–Crippen MR) is 145 cm³/mol. The summed E-state index contributed by atoms with van der Waals surface area (Å²) in [6.07, 6.45) is 4.11. The molecule has 2 aromatic carbocycles. The predicted octanol–water partition coefficient (Wildman–Crippen LogP) is 2.38. The van der Waals surface area contributed by atoms with Crippen molar-refractivity contribution in [3.05, 3.63) is 65.2 Å². The van der Waals surface area contributed by atoms with Gasteiger partial charge in [0.2, 0.25) is 17.7 Å². The number of amides is 4. The number of nitrogens with zero attached hydrogens (tertiary/aromatic N) is 3. The second-order valence-corrected chi connectivity index (χ2v) is 10.9. The summed E-state index contributed by atoms with van der Waals surface area (Å²) >= 11 is 0. The highest BCUT2D eigenvalue weighted by atomic mass is 16.5. The number of likely N-dealkylation sites (N-methyl/N-ethyl adjacent to an activating group) is 1. The molecule has 0 bridgehead atoms. The lowest BCUT2D eigenvalue weighted by Crippen LogP contribution is -2.54. The first-order chi connectivity index (χ1) is 18.8. The first-order valence-electron chi connectivity index (χ1n) is 13.7. The van der Waals surface area contributed by atoms with Crippen LogP contribution in [-0.4, -0.2) is 83.7 Å². The molecule has 4 amide bonds. The lowest BCUT2D eigenvalue weighted by molar-refractivity contribution is -0.141. The maximum Gasteiger partial charge on any atom is 0.255 e. The third-order valence-corrected chi connectivity index (χ3v) is 8.03. The van der Waals surface area contributed by atoms with E-state index in [1.807, 2.05) is 48.2 Å². The van der Waals surface area contributed by atoms with E-state index in [1.54, 1.807) is 12.1 Å². The van der Waals surface area contributed by atoms with Crippen molar-refractivity contribution in [1.29, 1.82) is 0 Å². The fourth-order valence-electron chi connectivity index (χ4n) is 5.82. The standard InChI is InChI=1S/C30H36N4O5/c1-32(2)26(16-20-8-4-3-5-9-20)30(38)33-15-7-6-10-22(33)19-39-23-11-12-24-21(17-23)18-34(29(24)37)25-13-14-27(35)31-28(25)36/h3-5,8-9,11-12,17,22,25-26H,6-7,10,13-16,18-19H2,1-2H3,(H,31,35,36)/t22-,25?,26+/m1/s1. The van der Waals surface area contributed by atoms with E-state index in [2.05, 4.69) is 17.4 Å². The Bertz CT molecular complexity index is 1250. The molecule has 9 nitrogen and oxygen atoms in total. The molecule has 2 saturated heterocycles. The van der Waals surface area contributed by atoms with Gasteiger partial charge in [0.15, 0.2) is 0 Å². The molecule has 0 spiro atoms. The van der Waals surface area contributed by atoms with E-state index in [-0.39, 0.29) is 36.2 Å². The molecule has 3 atom stereocenters. The van der Waals surface area contributed by atoms with Crippen LogP contribution in [-0.2, 0) is 27.3 Å². The van der Waals surface area contributed by atoms with E-state index in [1.165, 1.54) is 4.90 Å². The monoisotopic (exact) mass is 532 g/mol. The summed E-state index contributed by atoms with van der Waals surface area (Å²) in [6.45, 7) is 1.39. The second-order valence-electron chi connectivity index (χ2n) is 10.9. The van der Waals surface area contributed by atoms with Gasteiger partial charge in [-0.3, -0.25) is 29.4 Å². The smallest absolute Gasteiger partial charge is 0.255 e. The molecule has 1 N–H and O–H groups in total. The summed E-state index contributed by atoms with van der Waals surface area (Å²) in [5.41, 5.74) is 2.49. The third-order valence-electron chi connectivity index (χ3n) is 8.03. The molecule has 206 valence electrons. The third kappa shape index (κ3) is 5.83. The lowest BCUT2D eigenvalue weighted by atomic mass is 9.98. The summed E-state index contributed by atoms with van der Waals surface area (Å²) in [5, 5.41) is 2.33. The molecule has 2 aromatic rings. The topological polar surface area (TPSA) is 99.3 Å². The minimum absolute atomic E-state index is 0.0284. The van der Waals surface area contributed by atoms with E-state index >= 15 is 0 Å². The SMILES string of the molecule is CN(C)[C@@H](Cc1ccccc1)C(=O)N1CCCC[C@@H]1COc1ccc2c(c1)CN(C1CCC(=O)NC1=O)C2=O. The Hall–Kier alpha value is -3.72. The van der Waals surface area contributed by atoms with Gasteiger partial charge in [-0.2, -0.15) is 0 Å². The van der Waals surface area contributed by atoms with Gasteiger partial charge in [-0.15, -0.1) is 0 Å². The molecule has 0 radical (unpaired) electrons.